The third kappa shape index (κ3) is 1.53. The molecule has 11 heavy (non-hydrogen) atoms. The number of hydrogen-bond donors (Lipinski definition) is 2. The molecule has 0 unspecified atom stereocenters. The second kappa shape index (κ2) is 2.81. The van der Waals surface area contributed by atoms with Crippen LogP contribution in [-0.4, -0.2) is 10.2 Å². The van der Waals surface area contributed by atoms with Gasteiger partial charge in [-0.15, -0.1) is 0 Å². The van der Waals surface area contributed by atoms with Gasteiger partial charge in [0.2, 0.25) is 0 Å². The molecule has 0 fully saturated rings. The van der Waals surface area contributed by atoms with Gasteiger partial charge in [0.15, 0.2) is 0 Å². The van der Waals surface area contributed by atoms with Crippen LogP contribution in [0.4, 0.5) is 5.69 Å². The minimum Gasteiger partial charge on any atom is -0.508 e. The molecular formula is C6H5N3O2. The summed E-state index contributed by atoms with van der Waals surface area (Å²) < 4.78 is 0. The summed E-state index contributed by atoms with van der Waals surface area (Å²) in [6.07, 6.45) is 0. The molecular weight excluding hydrogens is 146 g/mol. The van der Waals surface area contributed by atoms with Crippen LogP contribution in [0.3, 0.4) is 0 Å². The first-order chi connectivity index (χ1) is 5.24. The Kier molecular flexibility index (Phi) is 1.85. The van der Waals surface area contributed by atoms with Crippen molar-refractivity contribution in [2.75, 3.05) is 0 Å². The predicted molar refractivity (Wildman–Crippen MR) is 38.6 cm³/mol. The van der Waals surface area contributed by atoms with Gasteiger partial charge in [0, 0.05) is 4.91 Å². The summed E-state index contributed by atoms with van der Waals surface area (Å²) in [5.74, 6) is -0.203. The van der Waals surface area contributed by atoms with Crippen LogP contribution in [0.1, 0.15) is 0 Å². The molecule has 1 rings (SSSR count). The van der Waals surface area contributed by atoms with E-state index in [-0.39, 0.29) is 17.2 Å². The lowest BCUT2D eigenvalue weighted by Gasteiger charge is -1.96. The summed E-state index contributed by atoms with van der Waals surface area (Å²) in [5, 5.41) is 21.0. The van der Waals surface area contributed by atoms with E-state index in [1.807, 2.05) is 0 Å². The van der Waals surface area contributed by atoms with E-state index in [0.717, 1.165) is 0 Å². The maximum absolute atomic E-state index is 8.99. The van der Waals surface area contributed by atoms with Crippen LogP contribution >= 0.6 is 0 Å². The second-order valence-corrected chi connectivity index (χ2v) is 1.86. The highest BCUT2D eigenvalue weighted by Gasteiger charge is 1.97. The van der Waals surface area contributed by atoms with E-state index in [2.05, 4.69) is 10.0 Å². The van der Waals surface area contributed by atoms with E-state index in [0.29, 0.717) is 0 Å². The molecule has 0 bridgehead atoms. The van der Waals surface area contributed by atoms with E-state index in [1.165, 1.54) is 18.2 Å². The fourth-order valence-electron chi connectivity index (χ4n) is 0.640. The molecule has 56 valence electrons. The summed E-state index contributed by atoms with van der Waals surface area (Å²) >= 11 is 0. The number of rotatable bonds is 1. The van der Waals surface area contributed by atoms with Gasteiger partial charge in [-0.25, -0.2) is 0 Å². The van der Waals surface area contributed by atoms with Crippen molar-refractivity contribution in [1.29, 1.82) is 0 Å². The molecule has 0 aliphatic heterocycles. The molecule has 0 spiro atoms. The quantitative estimate of drug-likeness (QED) is 0.278. The Balaban J connectivity index is 3.22. The molecule has 0 saturated carbocycles. The van der Waals surface area contributed by atoms with Crippen LogP contribution in [-0.2, 0) is 0 Å². The molecule has 0 aliphatic carbocycles. The monoisotopic (exact) mass is 151 g/mol. The van der Waals surface area contributed by atoms with Crippen molar-refractivity contribution in [3.63, 3.8) is 0 Å². The third-order valence-corrected chi connectivity index (χ3v) is 1.11. The number of benzene rings is 1. The Morgan fingerprint density at radius 1 is 1.36 bits per heavy atom. The zero-order valence-electron chi connectivity index (χ0n) is 5.47. The van der Waals surface area contributed by atoms with E-state index in [9.17, 15) is 0 Å². The number of phenols is 2. The van der Waals surface area contributed by atoms with Crippen molar-refractivity contribution in [2.45, 2.75) is 0 Å². The van der Waals surface area contributed by atoms with Gasteiger partial charge in [-0.2, -0.15) is 0 Å². The van der Waals surface area contributed by atoms with Gasteiger partial charge < -0.3 is 10.2 Å². The Bertz CT molecular complexity index is 318. The highest BCUT2D eigenvalue weighted by Crippen LogP contribution is 2.29. The SMILES string of the molecule is [N-]=[N+]=Nc1cc(O)ccc1O. The summed E-state index contributed by atoms with van der Waals surface area (Å²) in [4.78, 5) is 2.46. The van der Waals surface area contributed by atoms with E-state index in [4.69, 9.17) is 15.7 Å². The van der Waals surface area contributed by atoms with Crippen LogP contribution in [0, 0.1) is 0 Å². The number of nitrogens with zero attached hydrogens (tertiary/aromatic N) is 3. The zero-order valence-corrected chi connectivity index (χ0v) is 5.47. The minimum atomic E-state index is -0.152. The standard InChI is InChI=1S/C6H5N3O2/c7-9-8-5-3-4(10)1-2-6(5)11/h1-3,10-11H. The summed E-state index contributed by atoms with van der Waals surface area (Å²) in [6.45, 7) is 0. The molecule has 0 heterocycles. The van der Waals surface area contributed by atoms with Crippen molar-refractivity contribution in [2.24, 2.45) is 5.11 Å². The van der Waals surface area contributed by atoms with Gasteiger partial charge in [-0.1, -0.05) is 5.11 Å². The van der Waals surface area contributed by atoms with Gasteiger partial charge in [0.25, 0.3) is 0 Å². The average molecular weight is 151 g/mol. The lowest BCUT2D eigenvalue weighted by atomic mass is 10.3. The van der Waals surface area contributed by atoms with Crippen LogP contribution in [0.2, 0.25) is 0 Å². The molecule has 0 aliphatic rings. The fourth-order valence-corrected chi connectivity index (χ4v) is 0.640. The van der Waals surface area contributed by atoms with Gasteiger partial charge >= 0.3 is 0 Å². The fraction of sp³-hybridized carbons (Fsp3) is 0. The predicted octanol–water partition coefficient (Wildman–Crippen LogP) is 2.04. The van der Waals surface area contributed by atoms with Crippen molar-refractivity contribution in [3.05, 3.63) is 28.6 Å². The molecule has 5 heteroatoms. The first-order valence-corrected chi connectivity index (χ1v) is 2.81. The molecule has 0 radical (unpaired) electrons. The number of aromatic hydroxyl groups is 2. The topological polar surface area (TPSA) is 89.2 Å². The third-order valence-electron chi connectivity index (χ3n) is 1.11. The molecule has 0 atom stereocenters. The Morgan fingerprint density at radius 3 is 2.73 bits per heavy atom. The zero-order chi connectivity index (χ0) is 8.27. The normalized spacial score (nSPS) is 8.73. The highest BCUT2D eigenvalue weighted by atomic mass is 16.3. The highest BCUT2D eigenvalue weighted by molar-refractivity contribution is 5.54. The molecule has 1 aromatic carbocycles. The number of hydrogen-bond acceptors (Lipinski definition) is 3. The van der Waals surface area contributed by atoms with Gasteiger partial charge in [0.05, 0.1) is 5.69 Å². The average Bonchev–Trinajstić information content (AvgIpc) is 1.98. The molecule has 0 aromatic heterocycles. The number of azide groups is 1. The van der Waals surface area contributed by atoms with Crippen molar-refractivity contribution >= 4 is 5.69 Å². The summed E-state index contributed by atoms with van der Waals surface area (Å²) in [6, 6.07) is 3.72. The molecule has 0 amide bonds. The molecule has 2 N–H and O–H groups in total. The first-order valence-electron chi connectivity index (χ1n) is 2.81. The van der Waals surface area contributed by atoms with Crippen LogP contribution < -0.4 is 0 Å². The largest absolute Gasteiger partial charge is 0.508 e. The first kappa shape index (κ1) is 7.24. The molecule has 1 aromatic rings. The van der Waals surface area contributed by atoms with Crippen LogP contribution in [0.25, 0.3) is 10.4 Å². The van der Waals surface area contributed by atoms with Crippen LogP contribution in [0.15, 0.2) is 23.3 Å². The van der Waals surface area contributed by atoms with Crippen LogP contribution in [0.5, 0.6) is 11.5 Å². The summed E-state index contributed by atoms with van der Waals surface area (Å²) in [7, 11) is 0. The lowest BCUT2D eigenvalue weighted by molar-refractivity contribution is 0.461. The minimum absolute atomic E-state index is 0.0208. The second-order valence-electron chi connectivity index (χ2n) is 1.86. The number of phenolic OH excluding ortho intramolecular Hbond substituents is 2. The van der Waals surface area contributed by atoms with Gasteiger partial charge in [-0.05, 0) is 23.7 Å². The van der Waals surface area contributed by atoms with Gasteiger partial charge in [0.1, 0.15) is 11.5 Å². The smallest absolute Gasteiger partial charge is 0.125 e. The Hall–Kier alpha value is -1.87. The maximum atomic E-state index is 8.99. The van der Waals surface area contributed by atoms with Gasteiger partial charge in [-0.3, -0.25) is 0 Å². The van der Waals surface area contributed by atoms with Crippen molar-refractivity contribution in [1.82, 2.24) is 0 Å². The molecule has 5 nitrogen and oxygen atoms in total. The van der Waals surface area contributed by atoms with Crippen molar-refractivity contribution < 1.29 is 10.2 Å². The lowest BCUT2D eigenvalue weighted by Crippen LogP contribution is -1.66. The van der Waals surface area contributed by atoms with Crippen molar-refractivity contribution in [3.8, 4) is 11.5 Å². The maximum Gasteiger partial charge on any atom is 0.125 e. The Morgan fingerprint density at radius 2 is 2.09 bits per heavy atom. The van der Waals surface area contributed by atoms with E-state index >= 15 is 0 Å². The molecule has 0 saturated heterocycles. The Labute approximate surface area is 62.2 Å². The van der Waals surface area contributed by atoms with E-state index < -0.39 is 0 Å². The summed E-state index contributed by atoms with van der Waals surface area (Å²) in [5.41, 5.74) is 8.02. The van der Waals surface area contributed by atoms with E-state index in [1.54, 1.807) is 0 Å².